The molecule has 4 heteroatoms. The fourth-order valence-electron chi connectivity index (χ4n) is 1.96. The van der Waals surface area contributed by atoms with E-state index in [0.717, 1.165) is 5.56 Å². The molecule has 0 amide bonds. The highest BCUT2D eigenvalue weighted by Gasteiger charge is 2.26. The van der Waals surface area contributed by atoms with Crippen molar-refractivity contribution in [3.8, 4) is 0 Å². The lowest BCUT2D eigenvalue weighted by Gasteiger charge is -2.30. The summed E-state index contributed by atoms with van der Waals surface area (Å²) in [6, 6.07) is 9.87. The van der Waals surface area contributed by atoms with Crippen molar-refractivity contribution in [3.05, 3.63) is 35.9 Å². The Morgan fingerprint density at radius 3 is 2.65 bits per heavy atom. The predicted octanol–water partition coefficient (Wildman–Crippen LogP) is 1.06. The predicted molar refractivity (Wildman–Crippen MR) is 62.2 cm³/mol. The molecule has 0 spiro atoms. The lowest BCUT2D eigenvalue weighted by molar-refractivity contribution is -0.202. The number of aliphatic hydroxyl groups is 2. The van der Waals surface area contributed by atoms with Crippen molar-refractivity contribution >= 4 is 0 Å². The van der Waals surface area contributed by atoms with Crippen LogP contribution in [0, 0.1) is 0 Å². The summed E-state index contributed by atoms with van der Waals surface area (Å²) in [5.41, 5.74) is 1.10. The fourth-order valence-corrected chi connectivity index (χ4v) is 1.96. The van der Waals surface area contributed by atoms with Gasteiger partial charge >= 0.3 is 0 Å². The first kappa shape index (κ1) is 12.5. The van der Waals surface area contributed by atoms with Crippen LogP contribution in [0.15, 0.2) is 30.3 Å². The molecule has 0 bridgehead atoms. The molecule has 0 saturated carbocycles. The Morgan fingerprint density at radius 1 is 1.18 bits per heavy atom. The van der Waals surface area contributed by atoms with Crippen molar-refractivity contribution in [2.45, 2.75) is 37.9 Å². The number of hydrogen-bond donors (Lipinski definition) is 2. The van der Waals surface area contributed by atoms with Gasteiger partial charge in [0.15, 0.2) is 6.29 Å². The first-order valence-corrected chi connectivity index (χ1v) is 5.87. The molecule has 1 saturated heterocycles. The van der Waals surface area contributed by atoms with Crippen LogP contribution in [-0.2, 0) is 16.1 Å². The first-order valence-electron chi connectivity index (χ1n) is 5.87. The summed E-state index contributed by atoms with van der Waals surface area (Å²) in [6.07, 6.45) is -0.785. The Morgan fingerprint density at radius 2 is 1.94 bits per heavy atom. The van der Waals surface area contributed by atoms with Gasteiger partial charge in [-0.15, -0.1) is 0 Å². The van der Waals surface area contributed by atoms with Gasteiger partial charge in [0.2, 0.25) is 0 Å². The molecule has 0 unspecified atom stereocenters. The molecule has 1 aromatic rings. The van der Waals surface area contributed by atoms with E-state index >= 15 is 0 Å². The number of aliphatic hydroxyl groups excluding tert-OH is 2. The van der Waals surface area contributed by atoms with Crippen LogP contribution < -0.4 is 0 Å². The second-order valence-electron chi connectivity index (χ2n) is 4.34. The quantitative estimate of drug-likeness (QED) is 0.823. The van der Waals surface area contributed by atoms with E-state index in [4.69, 9.17) is 9.47 Å². The Balaban J connectivity index is 1.71. The number of rotatable bonds is 4. The zero-order chi connectivity index (χ0) is 12.1. The summed E-state index contributed by atoms with van der Waals surface area (Å²) < 4.78 is 10.8. The van der Waals surface area contributed by atoms with E-state index in [1.54, 1.807) is 0 Å². The highest BCUT2D eigenvalue weighted by atomic mass is 16.6. The van der Waals surface area contributed by atoms with Gasteiger partial charge < -0.3 is 19.7 Å². The second kappa shape index (κ2) is 6.12. The van der Waals surface area contributed by atoms with Crippen LogP contribution >= 0.6 is 0 Å². The van der Waals surface area contributed by atoms with Gasteiger partial charge in [-0.3, -0.25) is 0 Å². The molecule has 17 heavy (non-hydrogen) atoms. The maximum atomic E-state index is 9.47. The second-order valence-corrected chi connectivity index (χ2v) is 4.34. The molecule has 0 radical (unpaired) electrons. The SMILES string of the molecule is O[C@H]1C[C@@H](COCc2ccccc2)O[C@H](O)C1. The molecule has 4 nitrogen and oxygen atoms in total. The van der Waals surface area contributed by atoms with Gasteiger partial charge in [0, 0.05) is 12.8 Å². The summed E-state index contributed by atoms with van der Waals surface area (Å²) in [5.74, 6) is 0. The van der Waals surface area contributed by atoms with E-state index in [2.05, 4.69) is 0 Å². The van der Waals surface area contributed by atoms with Gasteiger partial charge in [0.25, 0.3) is 0 Å². The maximum absolute atomic E-state index is 9.47. The monoisotopic (exact) mass is 238 g/mol. The van der Waals surface area contributed by atoms with Crippen LogP contribution in [0.3, 0.4) is 0 Å². The smallest absolute Gasteiger partial charge is 0.157 e. The summed E-state index contributed by atoms with van der Waals surface area (Å²) in [7, 11) is 0. The van der Waals surface area contributed by atoms with E-state index in [9.17, 15) is 10.2 Å². The normalized spacial score (nSPS) is 29.2. The minimum absolute atomic E-state index is 0.225. The first-order chi connectivity index (χ1) is 8.24. The molecule has 3 atom stereocenters. The maximum Gasteiger partial charge on any atom is 0.157 e. The molecule has 1 aliphatic heterocycles. The third-order valence-corrected chi connectivity index (χ3v) is 2.77. The van der Waals surface area contributed by atoms with Crippen molar-refractivity contribution in [2.75, 3.05) is 6.61 Å². The average molecular weight is 238 g/mol. The molecule has 1 aromatic carbocycles. The zero-order valence-electron chi connectivity index (χ0n) is 9.66. The molecule has 2 rings (SSSR count). The van der Waals surface area contributed by atoms with Crippen LogP contribution in [0.5, 0.6) is 0 Å². The van der Waals surface area contributed by atoms with E-state index in [0.29, 0.717) is 19.6 Å². The average Bonchev–Trinajstić information content (AvgIpc) is 2.29. The third kappa shape index (κ3) is 4.09. The fraction of sp³-hybridized carbons (Fsp3) is 0.538. The third-order valence-electron chi connectivity index (χ3n) is 2.77. The topological polar surface area (TPSA) is 58.9 Å². The van der Waals surface area contributed by atoms with Crippen molar-refractivity contribution in [2.24, 2.45) is 0 Å². The molecule has 1 aliphatic rings. The molecule has 0 aliphatic carbocycles. The Hall–Kier alpha value is -0.940. The standard InChI is InChI=1S/C13H18O4/c14-11-6-12(17-13(15)7-11)9-16-8-10-4-2-1-3-5-10/h1-5,11-15H,6-9H2/t11-,12-,13-/m0/s1. The number of benzene rings is 1. The zero-order valence-corrected chi connectivity index (χ0v) is 9.66. The molecule has 2 N–H and O–H groups in total. The van der Waals surface area contributed by atoms with Crippen molar-refractivity contribution in [1.29, 1.82) is 0 Å². The van der Waals surface area contributed by atoms with Crippen LogP contribution in [0.25, 0.3) is 0 Å². The van der Waals surface area contributed by atoms with Crippen LogP contribution in [0.4, 0.5) is 0 Å². The molecule has 94 valence electrons. The largest absolute Gasteiger partial charge is 0.393 e. The number of ether oxygens (including phenoxy) is 2. The Bertz CT molecular complexity index is 317. The molecule has 0 aromatic heterocycles. The van der Waals surface area contributed by atoms with Gasteiger partial charge in [0.1, 0.15) is 0 Å². The highest BCUT2D eigenvalue weighted by Crippen LogP contribution is 2.18. The van der Waals surface area contributed by atoms with E-state index < -0.39 is 12.4 Å². The highest BCUT2D eigenvalue weighted by molar-refractivity contribution is 5.13. The van der Waals surface area contributed by atoms with Gasteiger partial charge in [-0.2, -0.15) is 0 Å². The van der Waals surface area contributed by atoms with Crippen LogP contribution in [0.2, 0.25) is 0 Å². The summed E-state index contributed by atoms with van der Waals surface area (Å²) in [5, 5.41) is 18.8. The molecule has 1 fully saturated rings. The van der Waals surface area contributed by atoms with E-state index in [-0.39, 0.29) is 12.5 Å². The minimum Gasteiger partial charge on any atom is -0.393 e. The van der Waals surface area contributed by atoms with Gasteiger partial charge in [-0.25, -0.2) is 0 Å². The van der Waals surface area contributed by atoms with Gasteiger partial charge in [0.05, 0.1) is 25.4 Å². The lowest BCUT2D eigenvalue weighted by Crippen LogP contribution is -2.37. The van der Waals surface area contributed by atoms with Crippen molar-refractivity contribution in [1.82, 2.24) is 0 Å². The molecule has 1 heterocycles. The minimum atomic E-state index is -0.871. The molecular weight excluding hydrogens is 220 g/mol. The molecular formula is C13H18O4. The summed E-state index contributed by atoms with van der Waals surface area (Å²) >= 11 is 0. The summed E-state index contributed by atoms with van der Waals surface area (Å²) in [4.78, 5) is 0. The van der Waals surface area contributed by atoms with Crippen LogP contribution in [0.1, 0.15) is 18.4 Å². The van der Waals surface area contributed by atoms with Gasteiger partial charge in [-0.1, -0.05) is 30.3 Å². The van der Waals surface area contributed by atoms with E-state index in [1.807, 2.05) is 30.3 Å². The van der Waals surface area contributed by atoms with E-state index in [1.165, 1.54) is 0 Å². The lowest BCUT2D eigenvalue weighted by atomic mass is 10.1. The Labute approximate surface area is 101 Å². The number of hydrogen-bond acceptors (Lipinski definition) is 4. The van der Waals surface area contributed by atoms with Crippen molar-refractivity contribution in [3.63, 3.8) is 0 Å². The Kier molecular flexibility index (Phi) is 4.50. The van der Waals surface area contributed by atoms with Crippen LogP contribution in [-0.4, -0.2) is 35.3 Å². The summed E-state index contributed by atoms with van der Waals surface area (Å²) in [6.45, 7) is 0.913. The van der Waals surface area contributed by atoms with Crippen molar-refractivity contribution < 1.29 is 19.7 Å². The van der Waals surface area contributed by atoms with Gasteiger partial charge in [-0.05, 0) is 5.56 Å².